The van der Waals surface area contributed by atoms with Crippen LogP contribution in [0.3, 0.4) is 0 Å². The molecule has 1 aromatic heterocycles. The smallest absolute Gasteiger partial charge is 0.137 e. The number of nitrogens with zero attached hydrogens (tertiary/aromatic N) is 1. The van der Waals surface area contributed by atoms with E-state index in [1.807, 2.05) is 6.07 Å². The third-order valence-electron chi connectivity index (χ3n) is 13.3. The number of hydrogen-bond donors (Lipinski definition) is 0. The van der Waals surface area contributed by atoms with Crippen LogP contribution < -0.4 is 4.90 Å². The number of furan rings is 1. The molecule has 2 heteroatoms. The molecule has 284 valence electrons. The lowest BCUT2D eigenvalue weighted by Gasteiger charge is -2.32. The Morgan fingerprint density at radius 3 is 1.64 bits per heavy atom. The molecule has 0 aliphatic heterocycles. The van der Waals surface area contributed by atoms with Gasteiger partial charge in [-0.05, 0) is 126 Å². The molecule has 11 aromatic rings. The van der Waals surface area contributed by atoms with Crippen molar-refractivity contribution >= 4 is 49.8 Å². The molecule has 1 spiro atoms. The van der Waals surface area contributed by atoms with Gasteiger partial charge in [-0.1, -0.05) is 170 Å². The zero-order valence-electron chi connectivity index (χ0n) is 33.2. The second kappa shape index (κ2) is 13.0. The van der Waals surface area contributed by atoms with Crippen molar-refractivity contribution in [2.24, 2.45) is 0 Å². The van der Waals surface area contributed by atoms with E-state index in [0.717, 1.165) is 39.0 Å². The second-order valence-electron chi connectivity index (χ2n) is 16.4. The van der Waals surface area contributed by atoms with Gasteiger partial charge in [-0.2, -0.15) is 0 Å². The SMILES string of the molecule is c1ccc(-c2ccc3c(c2)C2(c4ccccc4-3)c3ccccc3-c3ccc(N(c4ccc(-c5cccc6ccccc56)cc4)c4ccc5c(c4)oc4ccccc45)cc32)cc1. The van der Waals surface area contributed by atoms with Gasteiger partial charge in [0.2, 0.25) is 0 Å². The third kappa shape index (κ3) is 4.91. The van der Waals surface area contributed by atoms with Gasteiger partial charge in [0.05, 0.1) is 5.41 Å². The first-order valence-corrected chi connectivity index (χ1v) is 21.1. The van der Waals surface area contributed by atoms with E-state index < -0.39 is 5.41 Å². The predicted octanol–water partition coefficient (Wildman–Crippen LogP) is 15.9. The van der Waals surface area contributed by atoms with Gasteiger partial charge in [0, 0.05) is 33.9 Å². The highest BCUT2D eigenvalue weighted by atomic mass is 16.3. The quantitative estimate of drug-likeness (QED) is 0.173. The Morgan fingerprint density at radius 2 is 0.836 bits per heavy atom. The fourth-order valence-corrected chi connectivity index (χ4v) is 10.6. The summed E-state index contributed by atoms with van der Waals surface area (Å²) in [7, 11) is 0. The van der Waals surface area contributed by atoms with E-state index in [1.54, 1.807) is 0 Å². The van der Waals surface area contributed by atoms with Crippen molar-refractivity contribution in [2.75, 3.05) is 4.90 Å². The normalized spacial score (nSPS) is 14.6. The van der Waals surface area contributed by atoms with Gasteiger partial charge >= 0.3 is 0 Å². The number of benzene rings is 10. The first-order valence-electron chi connectivity index (χ1n) is 21.1. The molecule has 13 rings (SSSR count). The zero-order chi connectivity index (χ0) is 40.1. The Bertz CT molecular complexity index is 3520. The molecular formula is C59H37NO. The molecule has 0 radical (unpaired) electrons. The molecule has 0 saturated heterocycles. The fraction of sp³-hybridized carbons (Fsp3) is 0.0169. The number of para-hydroxylation sites is 1. The maximum Gasteiger partial charge on any atom is 0.137 e. The molecule has 1 atom stereocenters. The number of anilines is 3. The Morgan fingerprint density at radius 1 is 0.295 bits per heavy atom. The van der Waals surface area contributed by atoms with E-state index in [2.05, 4.69) is 223 Å². The van der Waals surface area contributed by atoms with Gasteiger partial charge in [0.25, 0.3) is 0 Å². The van der Waals surface area contributed by atoms with E-state index >= 15 is 0 Å². The van der Waals surface area contributed by atoms with Crippen molar-refractivity contribution in [3.63, 3.8) is 0 Å². The number of hydrogen-bond acceptors (Lipinski definition) is 2. The van der Waals surface area contributed by atoms with Crippen LogP contribution in [0.15, 0.2) is 229 Å². The predicted molar refractivity (Wildman–Crippen MR) is 253 cm³/mol. The molecule has 2 aliphatic carbocycles. The molecule has 1 unspecified atom stereocenters. The average Bonchev–Trinajstić information content (AvgIpc) is 3.95. The molecule has 1 heterocycles. The van der Waals surface area contributed by atoms with E-state index in [1.165, 1.54) is 77.5 Å². The maximum atomic E-state index is 6.52. The van der Waals surface area contributed by atoms with Crippen LogP contribution in [0.2, 0.25) is 0 Å². The van der Waals surface area contributed by atoms with Gasteiger partial charge < -0.3 is 9.32 Å². The van der Waals surface area contributed by atoms with Crippen LogP contribution >= 0.6 is 0 Å². The van der Waals surface area contributed by atoms with E-state index in [-0.39, 0.29) is 0 Å². The Kier molecular flexibility index (Phi) is 7.26. The summed E-state index contributed by atoms with van der Waals surface area (Å²) in [5.41, 5.74) is 19.7. The highest BCUT2D eigenvalue weighted by Gasteiger charge is 2.52. The first kappa shape index (κ1) is 34.0. The molecule has 0 N–H and O–H groups in total. The first-order chi connectivity index (χ1) is 30.2. The molecule has 0 bridgehead atoms. The maximum absolute atomic E-state index is 6.52. The highest BCUT2D eigenvalue weighted by Crippen LogP contribution is 2.63. The van der Waals surface area contributed by atoms with Crippen molar-refractivity contribution in [1.29, 1.82) is 0 Å². The third-order valence-corrected chi connectivity index (χ3v) is 13.3. The topological polar surface area (TPSA) is 16.4 Å². The Balaban J connectivity index is 1.05. The Labute approximate surface area is 354 Å². The van der Waals surface area contributed by atoms with Crippen LogP contribution in [0.4, 0.5) is 17.1 Å². The van der Waals surface area contributed by atoms with Gasteiger partial charge in [0.15, 0.2) is 0 Å². The minimum atomic E-state index is -0.509. The van der Waals surface area contributed by atoms with Crippen molar-refractivity contribution < 1.29 is 4.42 Å². The largest absolute Gasteiger partial charge is 0.456 e. The lowest BCUT2D eigenvalue weighted by atomic mass is 9.70. The van der Waals surface area contributed by atoms with Gasteiger partial charge in [-0.3, -0.25) is 0 Å². The van der Waals surface area contributed by atoms with Crippen molar-refractivity contribution in [2.45, 2.75) is 5.41 Å². The highest BCUT2D eigenvalue weighted by molar-refractivity contribution is 6.06. The summed E-state index contributed by atoms with van der Waals surface area (Å²) in [6.07, 6.45) is 0. The van der Waals surface area contributed by atoms with E-state index in [9.17, 15) is 0 Å². The second-order valence-corrected chi connectivity index (χ2v) is 16.4. The summed E-state index contributed by atoms with van der Waals surface area (Å²) in [6.45, 7) is 0. The molecule has 0 fully saturated rings. The fourth-order valence-electron chi connectivity index (χ4n) is 10.6. The summed E-state index contributed by atoms with van der Waals surface area (Å²) in [5, 5.41) is 4.73. The van der Waals surface area contributed by atoms with Crippen molar-refractivity contribution in [3.8, 4) is 44.5 Å². The lowest BCUT2D eigenvalue weighted by Crippen LogP contribution is -2.26. The molecule has 0 saturated carbocycles. The van der Waals surface area contributed by atoms with E-state index in [4.69, 9.17) is 4.42 Å². The minimum Gasteiger partial charge on any atom is -0.456 e. The summed E-state index contributed by atoms with van der Waals surface area (Å²) in [4.78, 5) is 2.40. The van der Waals surface area contributed by atoms with Crippen LogP contribution in [-0.2, 0) is 5.41 Å². The zero-order valence-corrected chi connectivity index (χ0v) is 33.2. The summed E-state index contributed by atoms with van der Waals surface area (Å²) in [5.74, 6) is 0. The Hall–Kier alpha value is -7.94. The van der Waals surface area contributed by atoms with Gasteiger partial charge in [-0.15, -0.1) is 0 Å². The number of rotatable bonds is 5. The summed E-state index contributed by atoms with van der Waals surface area (Å²) in [6, 6.07) is 82.4. The van der Waals surface area contributed by atoms with Crippen LogP contribution in [-0.4, -0.2) is 0 Å². The average molecular weight is 776 g/mol. The molecule has 10 aromatic carbocycles. The van der Waals surface area contributed by atoms with Crippen LogP contribution in [0, 0.1) is 0 Å². The summed E-state index contributed by atoms with van der Waals surface area (Å²) < 4.78 is 6.52. The minimum absolute atomic E-state index is 0.509. The molecule has 61 heavy (non-hydrogen) atoms. The molecule has 0 amide bonds. The molecule has 2 nitrogen and oxygen atoms in total. The summed E-state index contributed by atoms with van der Waals surface area (Å²) >= 11 is 0. The van der Waals surface area contributed by atoms with Crippen LogP contribution in [0.1, 0.15) is 22.3 Å². The molecular weight excluding hydrogens is 739 g/mol. The van der Waals surface area contributed by atoms with E-state index in [0.29, 0.717) is 0 Å². The van der Waals surface area contributed by atoms with Crippen LogP contribution in [0.25, 0.3) is 77.2 Å². The lowest BCUT2D eigenvalue weighted by molar-refractivity contribution is 0.669. The number of fused-ring (bicyclic) bond motifs is 14. The van der Waals surface area contributed by atoms with Gasteiger partial charge in [0.1, 0.15) is 11.2 Å². The van der Waals surface area contributed by atoms with Crippen molar-refractivity contribution in [1.82, 2.24) is 0 Å². The standard InChI is InChI=1S/C59H37NO/c1-2-13-38(14-3-1)41-27-32-49-47-18-6-9-22-53(47)59(55(49)35-41)54-23-10-7-19-48(54)50-33-30-43(36-56(50)59)60(44-31-34-52-51-20-8-11-24-57(51)61-58(52)37-44)42-28-25-40(26-29-42)46-21-12-16-39-15-4-5-17-45(39)46/h1-37H. The van der Waals surface area contributed by atoms with Crippen molar-refractivity contribution in [3.05, 3.63) is 247 Å². The molecule has 2 aliphatic rings. The van der Waals surface area contributed by atoms with Gasteiger partial charge in [-0.25, -0.2) is 0 Å². The van der Waals surface area contributed by atoms with Crippen LogP contribution in [0.5, 0.6) is 0 Å². The monoisotopic (exact) mass is 775 g/mol.